The largest absolute Gasteiger partial charge is 0.471 e. The van der Waals surface area contributed by atoms with Gasteiger partial charge in [0.2, 0.25) is 12.3 Å². The molecule has 0 aliphatic heterocycles. The lowest BCUT2D eigenvalue weighted by molar-refractivity contribution is -0.126. The van der Waals surface area contributed by atoms with Crippen molar-refractivity contribution in [3.05, 3.63) is 0 Å². The van der Waals surface area contributed by atoms with Gasteiger partial charge in [-0.2, -0.15) is 0 Å². The highest BCUT2D eigenvalue weighted by atomic mass is 19.0. The number of carbonyl (C=O) groups is 10. The van der Waals surface area contributed by atoms with Gasteiger partial charge in [0.05, 0.1) is 14.2 Å². The second kappa shape index (κ2) is 104. The zero-order valence-corrected chi connectivity index (χ0v) is 33.6. The van der Waals surface area contributed by atoms with E-state index in [0.717, 1.165) is 6.42 Å². The van der Waals surface area contributed by atoms with Crippen LogP contribution >= 0.6 is 0 Å². The number of halogens is 1. The highest BCUT2D eigenvalue weighted by molar-refractivity contribution is 5.77. The molecular weight excluding hydrogens is 733 g/mol. The standard InChI is InChI=1S/C6H12O.2C5H10O.3C3H6O.C2H5NO2.2C2H5NO.C2H4O2.7CH4.FH.H2/c1-5(2)4-6(3)7;2*1-4(2)5(3)6;3*1-3(2)4;1-5-2(3)4;1-3-2-4;1-2(3)4;1-4-2-3;;;;;;;;;/h5H,4H2,1-3H3;2*4H,1-3H3;3*1-2H3;1H3,(H2,3,4);2H,1H3,(H,3,4);1H3,(H2,3,4);2H,1H3;7*1H4;2*1H. The van der Waals surface area contributed by atoms with Gasteiger partial charge in [-0.25, -0.2) is 4.79 Å². The van der Waals surface area contributed by atoms with Gasteiger partial charge in [-0.1, -0.05) is 93.5 Å². The number of hydrogen-bond acceptors (Lipinski definition) is 12. The summed E-state index contributed by atoms with van der Waals surface area (Å²) in [4.78, 5) is 95.5. The number of hydrogen-bond donors (Lipinski definition) is 3. The smallest absolute Gasteiger partial charge is 0.404 e. The summed E-state index contributed by atoms with van der Waals surface area (Å²) < 4.78 is 7.75. The second-order valence-corrected chi connectivity index (χ2v) is 10.4. The SMILES string of the molecule is C.C.C.C.C.C.C.CC(=O)C(C)C.CC(=O)C(C)C.CC(=O)CC(C)C.CC(C)=O.CC(C)=O.CC(C)=O.CC(N)=O.CNC=O.COC(N)=O.COC=O.F.[HH]. The third kappa shape index (κ3) is 868. The number of methoxy groups -OCH3 is 2. The monoisotopic (exact) mass is 834 g/mol. The molecule has 0 unspecified atom stereocenters. The fraction of sp³-hybridized carbons (Fsp3) is 0.750. The number of nitrogens with one attached hydrogen (secondary N) is 1. The van der Waals surface area contributed by atoms with E-state index in [-0.39, 0.29) is 111 Å². The molecule has 0 aromatic carbocycles. The molecule has 15 nitrogen and oxygen atoms in total. The van der Waals surface area contributed by atoms with Gasteiger partial charge in [0, 0.05) is 33.7 Å². The van der Waals surface area contributed by atoms with Gasteiger partial charge in [-0.3, -0.25) is 28.7 Å². The van der Waals surface area contributed by atoms with Crippen molar-refractivity contribution in [2.45, 2.75) is 169 Å². The normalized spacial score (nSPS) is 6.39. The first-order valence-corrected chi connectivity index (χ1v) is 14.5. The molecule has 0 atom stereocenters. The van der Waals surface area contributed by atoms with Crippen molar-refractivity contribution in [3.8, 4) is 0 Å². The van der Waals surface area contributed by atoms with E-state index < -0.39 is 6.09 Å². The summed E-state index contributed by atoms with van der Waals surface area (Å²) in [5.74, 6) is 1.92. The van der Waals surface area contributed by atoms with Gasteiger partial charge in [-0.05, 0) is 68.2 Å². The molecule has 354 valence electrons. The molecule has 0 saturated heterocycles. The van der Waals surface area contributed by atoms with Crippen LogP contribution in [0.15, 0.2) is 0 Å². The van der Waals surface area contributed by atoms with E-state index in [1.807, 2.05) is 41.5 Å². The Bertz CT molecular complexity index is 753. The molecule has 56 heavy (non-hydrogen) atoms. The van der Waals surface area contributed by atoms with Gasteiger partial charge in [0.15, 0.2) is 0 Å². The van der Waals surface area contributed by atoms with Crippen LogP contribution in [0.2, 0.25) is 0 Å². The van der Waals surface area contributed by atoms with Crippen LogP contribution in [-0.2, 0) is 52.6 Å². The van der Waals surface area contributed by atoms with Crippen molar-refractivity contribution in [2.24, 2.45) is 29.2 Å². The van der Waals surface area contributed by atoms with Crippen LogP contribution in [0.1, 0.15) is 171 Å². The second-order valence-electron chi connectivity index (χ2n) is 10.4. The Hall–Kier alpha value is -4.37. The third-order valence-corrected chi connectivity index (χ3v) is 2.74. The number of Topliss-reactive ketones (excluding diaryl/α,β-unsaturated/α-hetero) is 6. The zero-order valence-electron chi connectivity index (χ0n) is 33.6. The topological polar surface area (TPSA) is 253 Å². The predicted octanol–water partition coefficient (Wildman–Crippen LogP) is 9.08. The van der Waals surface area contributed by atoms with E-state index in [1.54, 1.807) is 27.8 Å². The van der Waals surface area contributed by atoms with Gasteiger partial charge < -0.3 is 45.4 Å². The lowest BCUT2D eigenvalue weighted by Gasteiger charge is -1.95. The first-order valence-electron chi connectivity index (χ1n) is 14.5. The minimum atomic E-state index is -0.745. The molecule has 0 aliphatic carbocycles. The first-order chi connectivity index (χ1) is 21.4. The number of rotatable bonds is 6. The molecule has 5 N–H and O–H groups in total. The Morgan fingerprint density at radius 1 is 0.571 bits per heavy atom. The fourth-order valence-corrected chi connectivity index (χ4v) is 0.575. The highest BCUT2D eigenvalue weighted by Gasteiger charge is 1.96. The maximum atomic E-state index is 10.3. The average Bonchev–Trinajstić information content (AvgIpc) is 2.87. The van der Waals surface area contributed by atoms with Crippen LogP contribution in [0.3, 0.4) is 0 Å². The maximum absolute atomic E-state index is 10.3. The van der Waals surface area contributed by atoms with E-state index in [1.165, 1.54) is 62.7 Å². The molecule has 0 fully saturated rings. The minimum absolute atomic E-state index is 0. The molecule has 0 radical (unpaired) electrons. The van der Waals surface area contributed by atoms with Gasteiger partial charge in [0.25, 0.3) is 6.47 Å². The highest BCUT2D eigenvalue weighted by Crippen LogP contribution is 1.97. The summed E-state index contributed by atoms with van der Waals surface area (Å²) in [6.07, 6.45) is 0.602. The van der Waals surface area contributed by atoms with Crippen LogP contribution in [0.4, 0.5) is 9.50 Å². The number of carbonyl (C=O) groups excluding carboxylic acids is 10. The van der Waals surface area contributed by atoms with Crippen LogP contribution < -0.4 is 16.8 Å². The number of amides is 3. The number of ketones is 6. The van der Waals surface area contributed by atoms with Gasteiger partial charge in [0.1, 0.15) is 34.7 Å². The quantitative estimate of drug-likeness (QED) is 0.212. The van der Waals surface area contributed by atoms with Crippen molar-refractivity contribution >= 4 is 59.6 Å². The fourth-order valence-electron chi connectivity index (χ4n) is 0.575. The maximum Gasteiger partial charge on any atom is 0.404 e. The Morgan fingerprint density at radius 3 is 0.696 bits per heavy atom. The summed E-state index contributed by atoms with van der Waals surface area (Å²) in [5.41, 5.74) is 8.90. The minimum Gasteiger partial charge on any atom is -0.471 e. The summed E-state index contributed by atoms with van der Waals surface area (Å²) in [5, 5.41) is 2.25. The van der Waals surface area contributed by atoms with Crippen molar-refractivity contribution in [2.75, 3.05) is 21.3 Å². The van der Waals surface area contributed by atoms with Crippen molar-refractivity contribution in [1.29, 1.82) is 0 Å². The lowest BCUT2D eigenvalue weighted by atomic mass is 10.1. The van der Waals surface area contributed by atoms with E-state index in [2.05, 4.69) is 26.3 Å². The van der Waals surface area contributed by atoms with E-state index in [0.29, 0.717) is 18.8 Å². The average molecular weight is 834 g/mol. The third-order valence-electron chi connectivity index (χ3n) is 2.74. The Kier molecular flexibility index (Phi) is 217. The van der Waals surface area contributed by atoms with Gasteiger partial charge >= 0.3 is 6.09 Å². The predicted molar refractivity (Wildman–Crippen MR) is 242 cm³/mol. The van der Waals surface area contributed by atoms with E-state index >= 15 is 0 Å². The van der Waals surface area contributed by atoms with Crippen LogP contribution in [0, 0.1) is 17.8 Å². The molecule has 0 aromatic heterocycles. The van der Waals surface area contributed by atoms with Crippen molar-refractivity contribution in [3.63, 3.8) is 0 Å². The van der Waals surface area contributed by atoms with Crippen molar-refractivity contribution < 1.29 is 63.6 Å². The summed E-state index contributed by atoms with van der Waals surface area (Å²) in [6.45, 7) is 27.3. The zero-order chi connectivity index (χ0) is 41.6. The van der Waals surface area contributed by atoms with Crippen molar-refractivity contribution in [1.82, 2.24) is 5.32 Å². The van der Waals surface area contributed by atoms with Gasteiger partial charge in [-0.15, -0.1) is 0 Å². The van der Waals surface area contributed by atoms with E-state index in [4.69, 9.17) is 9.59 Å². The number of primary amides is 2. The van der Waals surface area contributed by atoms with Crippen LogP contribution in [-0.4, -0.2) is 80.8 Å². The van der Waals surface area contributed by atoms with Crippen LogP contribution in [0.5, 0.6) is 0 Å². The molecule has 0 rings (SSSR count). The molecule has 0 heterocycles. The Morgan fingerprint density at radius 2 is 0.696 bits per heavy atom. The molecule has 0 aromatic rings. The lowest BCUT2D eigenvalue weighted by Crippen LogP contribution is -2.08. The Balaban J connectivity index is -0.0000000164. The molecule has 0 bridgehead atoms. The Labute approximate surface area is 347 Å². The summed E-state index contributed by atoms with van der Waals surface area (Å²) in [7, 11) is 4.10. The summed E-state index contributed by atoms with van der Waals surface area (Å²) in [6, 6.07) is 0. The molecular formula is C40H100FN3O12. The number of nitrogens with two attached hydrogens (primary N) is 2. The molecule has 3 amide bonds. The molecule has 0 spiro atoms. The molecule has 0 saturated carbocycles. The van der Waals surface area contributed by atoms with Crippen LogP contribution in [0.25, 0.3) is 0 Å². The molecule has 0 aliphatic rings. The first kappa shape index (κ1) is 117. The molecule has 16 heteroatoms. The number of ether oxygens (including phenoxy) is 2. The van der Waals surface area contributed by atoms with E-state index in [9.17, 15) is 38.4 Å². The summed E-state index contributed by atoms with van der Waals surface area (Å²) >= 11 is 0.